The minimum absolute atomic E-state index is 0.476. The fourth-order valence-electron chi connectivity index (χ4n) is 1.94. The van der Waals surface area contributed by atoms with Crippen molar-refractivity contribution in [3.05, 3.63) is 34.4 Å². The van der Waals surface area contributed by atoms with E-state index in [9.17, 15) is 0 Å². The Hall–Kier alpha value is -2.15. The molecular formula is C15H20N4O2S. The Bertz CT molecular complexity index is 706. The van der Waals surface area contributed by atoms with E-state index in [4.69, 9.17) is 21.7 Å². The normalized spacial score (nSPS) is 11.0. The number of aryl methyl sites for hydroxylation is 1. The van der Waals surface area contributed by atoms with Crippen LogP contribution in [0.25, 0.3) is 0 Å². The van der Waals surface area contributed by atoms with Gasteiger partial charge in [0.05, 0.1) is 19.4 Å². The van der Waals surface area contributed by atoms with Crippen molar-refractivity contribution in [1.82, 2.24) is 14.9 Å². The number of nitrogens with zero attached hydrogens (tertiary/aromatic N) is 3. The first kappa shape index (κ1) is 16.2. The predicted molar refractivity (Wildman–Crippen MR) is 88.6 cm³/mol. The van der Waals surface area contributed by atoms with Crippen molar-refractivity contribution < 1.29 is 9.47 Å². The molecular weight excluding hydrogens is 300 g/mol. The van der Waals surface area contributed by atoms with Gasteiger partial charge in [-0.1, -0.05) is 6.92 Å². The maximum Gasteiger partial charge on any atom is 0.216 e. The third kappa shape index (κ3) is 3.73. The van der Waals surface area contributed by atoms with Gasteiger partial charge in [0.25, 0.3) is 0 Å². The van der Waals surface area contributed by atoms with E-state index in [-0.39, 0.29) is 0 Å². The highest BCUT2D eigenvalue weighted by Crippen LogP contribution is 2.28. The summed E-state index contributed by atoms with van der Waals surface area (Å²) >= 11 is 5.16. The van der Waals surface area contributed by atoms with Crippen LogP contribution in [0.4, 0.5) is 0 Å². The van der Waals surface area contributed by atoms with Gasteiger partial charge in [0.1, 0.15) is 0 Å². The molecule has 0 spiro atoms. The van der Waals surface area contributed by atoms with E-state index in [2.05, 4.69) is 15.3 Å². The van der Waals surface area contributed by atoms with Gasteiger partial charge in [0.15, 0.2) is 17.3 Å². The number of aromatic nitrogens is 3. The minimum Gasteiger partial charge on any atom is -0.490 e. The Balaban J connectivity index is 2.29. The summed E-state index contributed by atoms with van der Waals surface area (Å²) in [6.45, 7) is 7.05. The van der Waals surface area contributed by atoms with Gasteiger partial charge in [-0.25, -0.2) is 0 Å². The zero-order chi connectivity index (χ0) is 15.9. The van der Waals surface area contributed by atoms with Gasteiger partial charge in [-0.3, -0.25) is 5.10 Å². The molecule has 6 nitrogen and oxygen atoms in total. The molecule has 2 rings (SSSR count). The molecule has 0 bridgehead atoms. The van der Waals surface area contributed by atoms with Gasteiger partial charge in [-0.15, -0.1) is 0 Å². The van der Waals surface area contributed by atoms with Crippen molar-refractivity contribution in [1.29, 1.82) is 0 Å². The molecule has 22 heavy (non-hydrogen) atoms. The molecule has 7 heteroatoms. The quantitative estimate of drug-likeness (QED) is 0.628. The molecule has 0 unspecified atom stereocenters. The van der Waals surface area contributed by atoms with Crippen molar-refractivity contribution in [2.45, 2.75) is 27.2 Å². The summed E-state index contributed by atoms with van der Waals surface area (Å²) in [6, 6.07) is 5.70. The van der Waals surface area contributed by atoms with Crippen LogP contribution in [0.2, 0.25) is 0 Å². The summed E-state index contributed by atoms with van der Waals surface area (Å²) in [5, 5.41) is 11.2. The van der Waals surface area contributed by atoms with Crippen LogP contribution in [0.15, 0.2) is 23.3 Å². The van der Waals surface area contributed by atoms with E-state index < -0.39 is 0 Å². The highest BCUT2D eigenvalue weighted by atomic mass is 32.1. The van der Waals surface area contributed by atoms with Gasteiger partial charge in [-0.05, 0) is 49.8 Å². The first-order valence-corrected chi connectivity index (χ1v) is 7.70. The molecule has 0 aliphatic rings. The Morgan fingerprint density at radius 1 is 1.23 bits per heavy atom. The average Bonchev–Trinajstić information content (AvgIpc) is 2.88. The topological polar surface area (TPSA) is 64.4 Å². The summed E-state index contributed by atoms with van der Waals surface area (Å²) in [4.78, 5) is 0. The Labute approximate surface area is 134 Å². The Morgan fingerprint density at radius 2 is 1.95 bits per heavy atom. The van der Waals surface area contributed by atoms with Crippen molar-refractivity contribution in [2.75, 3.05) is 13.2 Å². The lowest BCUT2D eigenvalue weighted by Gasteiger charge is -2.11. The van der Waals surface area contributed by atoms with E-state index in [0.29, 0.717) is 23.7 Å². The molecule has 0 radical (unpaired) electrons. The number of nitrogens with one attached hydrogen (secondary N) is 1. The molecule has 0 saturated heterocycles. The lowest BCUT2D eigenvalue weighted by atomic mass is 10.2. The van der Waals surface area contributed by atoms with E-state index in [0.717, 1.165) is 23.6 Å². The monoisotopic (exact) mass is 320 g/mol. The summed E-state index contributed by atoms with van der Waals surface area (Å²) in [5.41, 5.74) is 0.900. The lowest BCUT2D eigenvalue weighted by Crippen LogP contribution is -2.00. The number of aromatic amines is 1. The minimum atomic E-state index is 0.476. The maximum absolute atomic E-state index is 5.60. The molecule has 1 heterocycles. The van der Waals surface area contributed by atoms with Gasteiger partial charge in [0, 0.05) is 6.42 Å². The van der Waals surface area contributed by atoms with Crippen molar-refractivity contribution in [2.24, 2.45) is 5.10 Å². The first-order valence-electron chi connectivity index (χ1n) is 7.29. The third-order valence-corrected chi connectivity index (χ3v) is 3.19. The number of benzene rings is 1. The van der Waals surface area contributed by atoms with Crippen LogP contribution < -0.4 is 9.47 Å². The van der Waals surface area contributed by atoms with Crippen LogP contribution in [0, 0.1) is 4.77 Å². The second-order valence-corrected chi connectivity index (χ2v) is 4.81. The van der Waals surface area contributed by atoms with Gasteiger partial charge < -0.3 is 9.47 Å². The third-order valence-electron chi connectivity index (χ3n) is 2.92. The molecule has 118 valence electrons. The van der Waals surface area contributed by atoms with Gasteiger partial charge in [-0.2, -0.15) is 14.9 Å². The lowest BCUT2D eigenvalue weighted by molar-refractivity contribution is 0.288. The van der Waals surface area contributed by atoms with E-state index in [1.54, 1.807) is 10.9 Å². The van der Waals surface area contributed by atoms with Crippen molar-refractivity contribution in [3.63, 3.8) is 0 Å². The Morgan fingerprint density at radius 3 is 2.64 bits per heavy atom. The van der Waals surface area contributed by atoms with Crippen LogP contribution in [-0.4, -0.2) is 34.3 Å². The molecule has 0 atom stereocenters. The number of hydrogen-bond donors (Lipinski definition) is 1. The standard InChI is InChI=1S/C15H20N4O2S/c1-4-14-17-18-15(22)19(14)16-10-11-7-8-12(20-5-2)13(9-11)21-6-3/h7-10H,4-6H2,1-3H3,(H,18,22)/b16-10+. The predicted octanol–water partition coefficient (Wildman–Crippen LogP) is 3.18. The van der Waals surface area contributed by atoms with Gasteiger partial charge >= 0.3 is 0 Å². The molecule has 1 aromatic heterocycles. The highest BCUT2D eigenvalue weighted by Gasteiger charge is 2.06. The van der Waals surface area contributed by atoms with Crippen molar-refractivity contribution >= 4 is 18.4 Å². The van der Waals surface area contributed by atoms with Crippen LogP contribution in [0.1, 0.15) is 32.2 Å². The summed E-state index contributed by atoms with van der Waals surface area (Å²) in [5.74, 6) is 2.23. The Kier molecular flexibility index (Phi) is 5.71. The summed E-state index contributed by atoms with van der Waals surface area (Å²) < 4.78 is 13.2. The van der Waals surface area contributed by atoms with E-state index in [1.165, 1.54) is 0 Å². The fraction of sp³-hybridized carbons (Fsp3) is 0.400. The summed E-state index contributed by atoms with van der Waals surface area (Å²) in [7, 11) is 0. The smallest absolute Gasteiger partial charge is 0.216 e. The van der Waals surface area contributed by atoms with E-state index in [1.807, 2.05) is 39.0 Å². The molecule has 1 N–H and O–H groups in total. The molecule has 2 aromatic rings. The highest BCUT2D eigenvalue weighted by molar-refractivity contribution is 7.71. The number of hydrogen-bond acceptors (Lipinski definition) is 5. The molecule has 1 aromatic carbocycles. The second kappa shape index (κ2) is 7.74. The summed E-state index contributed by atoms with van der Waals surface area (Å²) in [6.07, 6.45) is 2.47. The molecule has 0 amide bonds. The van der Waals surface area contributed by atoms with Crippen LogP contribution in [0.5, 0.6) is 11.5 Å². The average molecular weight is 320 g/mol. The zero-order valence-electron chi connectivity index (χ0n) is 13.0. The maximum atomic E-state index is 5.60. The fourth-order valence-corrected chi connectivity index (χ4v) is 2.14. The van der Waals surface area contributed by atoms with Crippen LogP contribution in [-0.2, 0) is 6.42 Å². The first-order chi connectivity index (χ1) is 10.7. The number of rotatable bonds is 7. The second-order valence-electron chi connectivity index (χ2n) is 4.43. The SMILES string of the molecule is CCOc1ccc(/C=N/n2c(CC)n[nH]c2=S)cc1OCC. The van der Waals surface area contributed by atoms with Gasteiger partial charge in [0.2, 0.25) is 4.77 Å². The van der Waals surface area contributed by atoms with E-state index >= 15 is 0 Å². The molecule has 0 aliphatic heterocycles. The van der Waals surface area contributed by atoms with Crippen molar-refractivity contribution in [3.8, 4) is 11.5 Å². The number of H-pyrrole nitrogens is 1. The zero-order valence-corrected chi connectivity index (χ0v) is 13.8. The number of ether oxygens (including phenoxy) is 2. The molecule has 0 saturated carbocycles. The largest absolute Gasteiger partial charge is 0.490 e. The van der Waals surface area contributed by atoms with Crippen LogP contribution >= 0.6 is 12.2 Å². The van der Waals surface area contributed by atoms with Crippen LogP contribution in [0.3, 0.4) is 0 Å². The molecule has 0 fully saturated rings. The molecule has 0 aliphatic carbocycles.